The third-order valence-electron chi connectivity index (χ3n) is 7.45. The molecule has 2 heterocycles. The van der Waals surface area contributed by atoms with E-state index in [4.69, 9.17) is 24.3 Å². The summed E-state index contributed by atoms with van der Waals surface area (Å²) in [6.45, 7) is 16.5. The molecule has 0 bridgehead atoms. The van der Waals surface area contributed by atoms with Crippen LogP contribution in [0.1, 0.15) is 0 Å². The molecule has 5 rings (SSSR count). The van der Waals surface area contributed by atoms with Crippen LogP contribution in [-0.4, -0.2) is 55.8 Å². The second-order valence-corrected chi connectivity index (χ2v) is 24.6. The maximum atomic E-state index is 6.26. The van der Waals surface area contributed by atoms with Gasteiger partial charge in [0.05, 0.1) is 23.7 Å². The molecule has 0 radical (unpaired) electrons. The van der Waals surface area contributed by atoms with Gasteiger partial charge in [-0.3, -0.25) is 4.57 Å². The summed E-state index contributed by atoms with van der Waals surface area (Å²) < 4.78 is 22.1. The highest BCUT2D eigenvalue weighted by Crippen LogP contribution is 2.34. The summed E-state index contributed by atoms with van der Waals surface area (Å²) in [6, 6.07) is 25.1. The lowest BCUT2D eigenvalue weighted by Gasteiger charge is -2.16. The molecule has 0 N–H and O–H groups in total. The van der Waals surface area contributed by atoms with Crippen molar-refractivity contribution in [1.29, 1.82) is 0 Å². The number of hydrogen-bond donors (Lipinski definition) is 0. The molecule has 0 atom stereocenters. The number of nitrogens with zero attached hydrogens (tertiary/aromatic N) is 4. The van der Waals surface area contributed by atoms with Gasteiger partial charge in [0.1, 0.15) is 24.9 Å². The highest BCUT2D eigenvalue weighted by molar-refractivity contribution is 6.76. The summed E-state index contributed by atoms with van der Waals surface area (Å²) in [5, 5.41) is 6.16. The normalized spacial score (nSPS) is 12.5. The molecule has 0 amide bonds. The number of rotatable bonds is 13. The largest absolute Gasteiger partial charge is 0.497 e. The van der Waals surface area contributed by atoms with Gasteiger partial charge in [0.2, 0.25) is 0 Å². The molecule has 9 heteroatoms. The lowest BCUT2D eigenvalue weighted by atomic mass is 10.0. The van der Waals surface area contributed by atoms with E-state index in [0.717, 1.165) is 75.6 Å². The average molecular weight is 601 g/mol. The van der Waals surface area contributed by atoms with Gasteiger partial charge < -0.3 is 14.2 Å². The fraction of sp³-hybridized carbons (Fsp3) is 0.394. The first-order chi connectivity index (χ1) is 20.0. The van der Waals surface area contributed by atoms with Crippen LogP contribution in [0, 0.1) is 0 Å². The van der Waals surface area contributed by atoms with Gasteiger partial charge in [-0.15, -0.1) is 0 Å². The van der Waals surface area contributed by atoms with Crippen molar-refractivity contribution >= 4 is 38.1 Å². The van der Waals surface area contributed by atoms with Crippen molar-refractivity contribution in [3.05, 3.63) is 66.7 Å². The minimum atomic E-state index is -1.20. The Labute approximate surface area is 251 Å². The van der Waals surface area contributed by atoms with Crippen molar-refractivity contribution < 1.29 is 14.2 Å². The maximum Gasteiger partial charge on any atom is 0.164 e. The summed E-state index contributed by atoms with van der Waals surface area (Å²) in [7, 11) is -0.699. The number of fused-ring (bicyclic) bond motifs is 2. The Bertz CT molecular complexity index is 1660. The quantitative estimate of drug-likeness (QED) is 0.100. The topological polar surface area (TPSA) is 63.3 Å². The van der Waals surface area contributed by atoms with E-state index >= 15 is 0 Å². The van der Waals surface area contributed by atoms with Crippen LogP contribution in [0.25, 0.3) is 44.6 Å². The zero-order valence-electron chi connectivity index (χ0n) is 26.1. The monoisotopic (exact) mass is 600 g/mol. The maximum absolute atomic E-state index is 6.26. The first kappa shape index (κ1) is 30.2. The van der Waals surface area contributed by atoms with Crippen molar-refractivity contribution in [3.63, 3.8) is 0 Å². The predicted molar refractivity (Wildman–Crippen MR) is 179 cm³/mol. The molecule has 0 fully saturated rings. The first-order valence-electron chi connectivity index (χ1n) is 14.8. The molecule has 0 unspecified atom stereocenters. The van der Waals surface area contributed by atoms with Crippen molar-refractivity contribution in [2.24, 2.45) is 0 Å². The third-order valence-corrected chi connectivity index (χ3v) is 10.9. The van der Waals surface area contributed by atoms with Crippen LogP contribution in [0.5, 0.6) is 5.75 Å². The molecule has 0 spiro atoms. The molecule has 2 aromatic heterocycles. The number of imidazole rings is 1. The van der Waals surface area contributed by atoms with Crippen LogP contribution in [0.3, 0.4) is 0 Å². The fourth-order valence-corrected chi connectivity index (χ4v) is 6.39. The zero-order chi connectivity index (χ0) is 29.9. The van der Waals surface area contributed by atoms with E-state index in [0.29, 0.717) is 13.5 Å². The van der Waals surface area contributed by atoms with Gasteiger partial charge in [0.25, 0.3) is 0 Å². The molecule has 0 aliphatic carbocycles. The molecule has 222 valence electrons. The standard InChI is InChI=1S/C33H44N4O3Si2/c1-38-27-12-10-11-25(21-27)26-15-16-30-28(22-26)32(35-37(30)24-40-18-20-42(5,6)7)33-34-29-13-8-9-14-31(29)36(33)23-39-17-19-41(2,3)4/h8-16,21-22H,17-20,23-24H2,1-7H3. The van der Waals surface area contributed by atoms with Crippen LogP contribution < -0.4 is 4.74 Å². The second-order valence-electron chi connectivity index (χ2n) is 13.4. The molecule has 3 aromatic carbocycles. The van der Waals surface area contributed by atoms with Crippen molar-refractivity contribution in [2.75, 3.05) is 20.3 Å². The van der Waals surface area contributed by atoms with E-state index in [1.165, 1.54) is 0 Å². The zero-order valence-corrected chi connectivity index (χ0v) is 28.1. The fourth-order valence-electron chi connectivity index (χ4n) is 4.88. The molecule has 7 nitrogen and oxygen atoms in total. The summed E-state index contributed by atoms with van der Waals surface area (Å²) >= 11 is 0. The molecule has 0 aliphatic heterocycles. The van der Waals surface area contributed by atoms with Crippen molar-refractivity contribution in [1.82, 2.24) is 19.3 Å². The Hall–Kier alpha value is -3.25. The number of methoxy groups -OCH3 is 1. The Kier molecular flexibility index (Phi) is 9.03. The molecule has 0 saturated heterocycles. The number of hydrogen-bond acceptors (Lipinski definition) is 5. The summed E-state index contributed by atoms with van der Waals surface area (Å²) in [6.07, 6.45) is 0. The van der Waals surface area contributed by atoms with Gasteiger partial charge in [0, 0.05) is 34.7 Å². The summed E-state index contributed by atoms with van der Waals surface area (Å²) in [4.78, 5) is 5.09. The van der Waals surface area contributed by atoms with E-state index in [1.54, 1.807) is 7.11 Å². The van der Waals surface area contributed by atoms with Crippen LogP contribution in [0.15, 0.2) is 66.7 Å². The molecular weight excluding hydrogens is 557 g/mol. The number of para-hydroxylation sites is 2. The van der Waals surface area contributed by atoms with Gasteiger partial charge in [-0.05, 0) is 59.6 Å². The smallest absolute Gasteiger partial charge is 0.164 e. The van der Waals surface area contributed by atoms with E-state index in [9.17, 15) is 0 Å². The van der Waals surface area contributed by atoms with E-state index in [1.807, 2.05) is 22.9 Å². The second kappa shape index (κ2) is 12.5. The van der Waals surface area contributed by atoms with Gasteiger partial charge in [-0.1, -0.05) is 69.6 Å². The average Bonchev–Trinajstić information content (AvgIpc) is 3.50. The first-order valence-corrected chi connectivity index (χ1v) is 22.2. The number of ether oxygens (including phenoxy) is 3. The van der Waals surface area contributed by atoms with E-state index < -0.39 is 16.1 Å². The Morgan fingerprint density at radius 3 is 2.12 bits per heavy atom. The molecule has 42 heavy (non-hydrogen) atoms. The lowest BCUT2D eigenvalue weighted by Crippen LogP contribution is -2.22. The van der Waals surface area contributed by atoms with Crippen LogP contribution >= 0.6 is 0 Å². The predicted octanol–water partition coefficient (Wildman–Crippen LogP) is 8.35. The van der Waals surface area contributed by atoms with E-state index in [-0.39, 0.29) is 0 Å². The third kappa shape index (κ3) is 7.20. The highest BCUT2D eigenvalue weighted by Gasteiger charge is 2.21. The molecule has 0 saturated carbocycles. The Balaban J connectivity index is 1.58. The SMILES string of the molecule is COc1cccc(-c2ccc3c(c2)c(-c2nc4ccccc4n2COCC[Si](C)(C)C)nn3COCC[Si](C)(C)C)c1. The summed E-state index contributed by atoms with van der Waals surface area (Å²) in [5.41, 5.74) is 6.00. The van der Waals surface area contributed by atoms with Crippen molar-refractivity contribution in [2.45, 2.75) is 64.8 Å². The van der Waals surface area contributed by atoms with Gasteiger partial charge >= 0.3 is 0 Å². The van der Waals surface area contributed by atoms with Gasteiger partial charge in [-0.2, -0.15) is 5.10 Å². The summed E-state index contributed by atoms with van der Waals surface area (Å²) in [5.74, 6) is 1.63. The number of benzene rings is 3. The van der Waals surface area contributed by atoms with Gasteiger partial charge in [0.15, 0.2) is 5.82 Å². The molecular formula is C33H44N4O3Si2. The minimum Gasteiger partial charge on any atom is -0.497 e. The molecule has 0 aliphatic rings. The van der Waals surface area contributed by atoms with Crippen LogP contribution in [0.4, 0.5) is 0 Å². The van der Waals surface area contributed by atoms with Crippen LogP contribution in [0.2, 0.25) is 51.4 Å². The van der Waals surface area contributed by atoms with Gasteiger partial charge in [-0.25, -0.2) is 9.67 Å². The highest BCUT2D eigenvalue weighted by atomic mass is 28.3. The Morgan fingerprint density at radius 2 is 1.40 bits per heavy atom. The van der Waals surface area contributed by atoms with Crippen LogP contribution in [-0.2, 0) is 22.9 Å². The minimum absolute atomic E-state index is 0.395. The number of aromatic nitrogens is 4. The Morgan fingerprint density at radius 1 is 0.714 bits per heavy atom. The molecule has 5 aromatic rings. The van der Waals surface area contributed by atoms with E-state index in [2.05, 4.69) is 92.4 Å². The lowest BCUT2D eigenvalue weighted by molar-refractivity contribution is 0.0817. The van der Waals surface area contributed by atoms with Crippen molar-refractivity contribution in [3.8, 4) is 28.4 Å².